The van der Waals surface area contributed by atoms with Gasteiger partial charge >= 0.3 is 0 Å². The van der Waals surface area contributed by atoms with E-state index in [1.807, 2.05) is 11.4 Å². The highest BCUT2D eigenvalue weighted by Crippen LogP contribution is 2.24. The molecule has 6 heteroatoms. The van der Waals surface area contributed by atoms with E-state index >= 15 is 0 Å². The molecule has 1 saturated heterocycles. The molecule has 1 aliphatic rings. The van der Waals surface area contributed by atoms with Crippen LogP contribution in [0.25, 0.3) is 0 Å². The molecule has 1 aromatic heterocycles. The number of rotatable bonds is 5. The van der Waals surface area contributed by atoms with Crippen LogP contribution in [-0.2, 0) is 4.79 Å². The second-order valence-corrected chi connectivity index (χ2v) is 8.23. The molecule has 0 aliphatic carbocycles. The van der Waals surface area contributed by atoms with Gasteiger partial charge in [0.15, 0.2) is 0 Å². The number of carbonyl (C=O) groups excluding carboxylic acids is 2. The normalized spacial score (nSPS) is 19.7. The fourth-order valence-electron chi connectivity index (χ4n) is 3.02. The van der Waals surface area contributed by atoms with Gasteiger partial charge in [0.25, 0.3) is 5.91 Å². The van der Waals surface area contributed by atoms with E-state index in [-0.39, 0.29) is 29.9 Å². The number of amides is 2. The molecule has 0 spiro atoms. The molecule has 1 fully saturated rings. The maximum Gasteiger partial charge on any atom is 0.264 e. The summed E-state index contributed by atoms with van der Waals surface area (Å²) in [5.74, 6) is -0.232. The summed E-state index contributed by atoms with van der Waals surface area (Å²) in [6, 6.07) is 2.92. The van der Waals surface area contributed by atoms with Crippen LogP contribution in [0.5, 0.6) is 0 Å². The maximum absolute atomic E-state index is 12.6. The van der Waals surface area contributed by atoms with E-state index in [0.717, 1.165) is 6.42 Å². The van der Waals surface area contributed by atoms with Crippen LogP contribution in [-0.4, -0.2) is 47.1 Å². The first-order chi connectivity index (χ1) is 10.8. The zero-order chi connectivity index (χ0) is 17.0. The molecule has 5 nitrogen and oxygen atoms in total. The number of nitrogens with zero attached hydrogens (tertiary/aromatic N) is 1. The van der Waals surface area contributed by atoms with E-state index in [2.05, 4.69) is 26.1 Å². The average molecular weight is 338 g/mol. The van der Waals surface area contributed by atoms with Gasteiger partial charge in [-0.05, 0) is 36.1 Å². The van der Waals surface area contributed by atoms with E-state index in [1.54, 1.807) is 11.0 Å². The third kappa shape index (κ3) is 4.78. The van der Waals surface area contributed by atoms with Crippen molar-refractivity contribution in [3.63, 3.8) is 0 Å². The van der Waals surface area contributed by atoms with Crippen molar-refractivity contribution in [2.75, 3.05) is 13.2 Å². The molecule has 1 aromatic rings. The molecule has 0 saturated carbocycles. The highest BCUT2D eigenvalue weighted by atomic mass is 32.1. The molecule has 0 bridgehead atoms. The minimum atomic E-state index is -0.432. The van der Waals surface area contributed by atoms with E-state index in [1.165, 1.54) is 11.3 Å². The zero-order valence-electron chi connectivity index (χ0n) is 14.0. The lowest BCUT2D eigenvalue weighted by Crippen LogP contribution is -2.50. The Balaban J connectivity index is 2.01. The predicted octanol–water partition coefficient (Wildman–Crippen LogP) is 2.27. The van der Waals surface area contributed by atoms with Crippen molar-refractivity contribution in [1.82, 2.24) is 10.2 Å². The number of aliphatic hydroxyl groups excluding tert-OH is 1. The van der Waals surface area contributed by atoms with Gasteiger partial charge in [-0.2, -0.15) is 0 Å². The number of thiophene rings is 1. The summed E-state index contributed by atoms with van der Waals surface area (Å²) in [5, 5.41) is 14.3. The molecule has 2 N–H and O–H groups in total. The standard InChI is InChI=1S/C17H26N2O3S/c1-17(2,3)10-12(11-20)18-15(21)13-6-4-8-19(13)16(22)14-7-5-9-23-14/h5,7,9,12-13,20H,4,6,8,10-11H2,1-3H3,(H,18,21)/t12?,13-/m0/s1. The van der Waals surface area contributed by atoms with Crippen LogP contribution in [0.1, 0.15) is 49.7 Å². The highest BCUT2D eigenvalue weighted by molar-refractivity contribution is 7.12. The molecule has 2 amide bonds. The average Bonchev–Trinajstić information content (AvgIpc) is 3.15. The Morgan fingerprint density at radius 1 is 1.48 bits per heavy atom. The van der Waals surface area contributed by atoms with Crippen LogP contribution in [0, 0.1) is 5.41 Å². The molecule has 2 rings (SSSR count). The monoisotopic (exact) mass is 338 g/mol. The van der Waals surface area contributed by atoms with Crippen molar-refractivity contribution in [3.8, 4) is 0 Å². The second-order valence-electron chi connectivity index (χ2n) is 7.29. The Hall–Kier alpha value is -1.40. The van der Waals surface area contributed by atoms with Crippen molar-refractivity contribution in [1.29, 1.82) is 0 Å². The summed E-state index contributed by atoms with van der Waals surface area (Å²) in [6.45, 7) is 6.74. The van der Waals surface area contributed by atoms with Gasteiger partial charge in [-0.1, -0.05) is 26.8 Å². The summed E-state index contributed by atoms with van der Waals surface area (Å²) in [4.78, 5) is 27.4. The largest absolute Gasteiger partial charge is 0.394 e. The number of hydrogen-bond donors (Lipinski definition) is 2. The fourth-order valence-corrected chi connectivity index (χ4v) is 3.70. The summed E-state index contributed by atoms with van der Waals surface area (Å²) in [5.41, 5.74) is 0.0167. The summed E-state index contributed by atoms with van der Waals surface area (Å²) in [7, 11) is 0. The van der Waals surface area contributed by atoms with Crippen LogP contribution < -0.4 is 5.32 Å². The Kier molecular flexibility index (Phi) is 5.81. The van der Waals surface area contributed by atoms with Gasteiger partial charge in [0.05, 0.1) is 17.5 Å². The van der Waals surface area contributed by atoms with E-state index in [4.69, 9.17) is 0 Å². The van der Waals surface area contributed by atoms with Gasteiger partial charge in [0, 0.05) is 6.54 Å². The lowest BCUT2D eigenvalue weighted by atomic mass is 9.88. The minimum Gasteiger partial charge on any atom is -0.394 e. The first kappa shape index (κ1) is 17.9. The van der Waals surface area contributed by atoms with Gasteiger partial charge in [0.1, 0.15) is 6.04 Å². The SMILES string of the molecule is CC(C)(C)CC(CO)NC(=O)[C@@H]1CCCN1C(=O)c1cccs1. The molecule has 2 heterocycles. The van der Waals surface area contributed by atoms with Crippen molar-refractivity contribution in [2.24, 2.45) is 5.41 Å². The van der Waals surface area contributed by atoms with Crippen LogP contribution in [0.4, 0.5) is 0 Å². The second kappa shape index (κ2) is 7.45. The molecule has 23 heavy (non-hydrogen) atoms. The molecule has 1 aliphatic heterocycles. The Bertz CT molecular complexity index is 537. The molecule has 0 aromatic carbocycles. The first-order valence-electron chi connectivity index (χ1n) is 8.07. The first-order valence-corrected chi connectivity index (χ1v) is 8.95. The predicted molar refractivity (Wildman–Crippen MR) is 91.5 cm³/mol. The van der Waals surface area contributed by atoms with Gasteiger partial charge in [-0.15, -0.1) is 11.3 Å². The number of hydrogen-bond acceptors (Lipinski definition) is 4. The third-order valence-electron chi connectivity index (χ3n) is 3.97. The third-order valence-corrected chi connectivity index (χ3v) is 4.83. The van der Waals surface area contributed by atoms with Gasteiger partial charge in [-0.25, -0.2) is 0 Å². The van der Waals surface area contributed by atoms with Crippen molar-refractivity contribution in [2.45, 2.75) is 52.1 Å². The van der Waals surface area contributed by atoms with E-state index in [9.17, 15) is 14.7 Å². The van der Waals surface area contributed by atoms with Gasteiger partial charge < -0.3 is 15.3 Å². The van der Waals surface area contributed by atoms with Crippen molar-refractivity contribution in [3.05, 3.63) is 22.4 Å². The molecular formula is C17H26N2O3S. The Morgan fingerprint density at radius 3 is 2.78 bits per heavy atom. The summed E-state index contributed by atoms with van der Waals surface area (Å²) < 4.78 is 0. The van der Waals surface area contributed by atoms with E-state index in [0.29, 0.717) is 24.3 Å². The van der Waals surface area contributed by atoms with Crippen molar-refractivity contribution < 1.29 is 14.7 Å². The number of likely N-dealkylation sites (tertiary alicyclic amines) is 1. The van der Waals surface area contributed by atoms with Crippen LogP contribution in [0.2, 0.25) is 0 Å². The summed E-state index contributed by atoms with van der Waals surface area (Å²) >= 11 is 1.39. The minimum absolute atomic E-state index is 0.0167. The molecule has 0 radical (unpaired) electrons. The highest BCUT2D eigenvalue weighted by Gasteiger charge is 2.35. The maximum atomic E-state index is 12.6. The van der Waals surface area contributed by atoms with Gasteiger partial charge in [-0.3, -0.25) is 9.59 Å². The smallest absolute Gasteiger partial charge is 0.264 e. The molecule has 1 unspecified atom stereocenters. The molecule has 128 valence electrons. The molecular weight excluding hydrogens is 312 g/mol. The number of carbonyl (C=O) groups is 2. The van der Waals surface area contributed by atoms with Gasteiger partial charge in [0.2, 0.25) is 5.91 Å². The molecule has 2 atom stereocenters. The van der Waals surface area contributed by atoms with E-state index < -0.39 is 6.04 Å². The fraction of sp³-hybridized carbons (Fsp3) is 0.647. The quantitative estimate of drug-likeness (QED) is 0.865. The number of aliphatic hydroxyl groups is 1. The number of nitrogens with one attached hydrogen (secondary N) is 1. The Labute approximate surface area is 141 Å². The van der Waals surface area contributed by atoms with Crippen LogP contribution in [0.15, 0.2) is 17.5 Å². The Morgan fingerprint density at radius 2 is 2.22 bits per heavy atom. The topological polar surface area (TPSA) is 69.6 Å². The van der Waals surface area contributed by atoms with Crippen LogP contribution >= 0.6 is 11.3 Å². The van der Waals surface area contributed by atoms with Crippen molar-refractivity contribution >= 4 is 23.2 Å². The lowest BCUT2D eigenvalue weighted by Gasteiger charge is -2.29. The lowest BCUT2D eigenvalue weighted by molar-refractivity contribution is -0.126. The van der Waals surface area contributed by atoms with Crippen LogP contribution in [0.3, 0.4) is 0 Å². The zero-order valence-corrected chi connectivity index (χ0v) is 14.9. The summed E-state index contributed by atoms with van der Waals surface area (Å²) in [6.07, 6.45) is 2.20.